The number of nitrogens with one attached hydrogen (secondary N) is 1. The number of para-hydroxylation sites is 1. The zero-order valence-electron chi connectivity index (χ0n) is 10.7. The molecule has 3 N–H and O–H groups in total. The summed E-state index contributed by atoms with van der Waals surface area (Å²) in [4.78, 5) is 13.9. The molecule has 5 heteroatoms. The summed E-state index contributed by atoms with van der Waals surface area (Å²) in [7, 11) is 0. The van der Waals surface area contributed by atoms with Gasteiger partial charge in [0.2, 0.25) is 0 Å². The topological polar surface area (TPSA) is 72.8 Å². The smallest absolute Gasteiger partial charge is 0.326 e. The third kappa shape index (κ3) is 2.25. The van der Waals surface area contributed by atoms with Crippen LogP contribution in [0.5, 0.6) is 11.5 Å². The van der Waals surface area contributed by atoms with Gasteiger partial charge in [-0.25, -0.2) is 4.79 Å². The van der Waals surface area contributed by atoms with Crippen molar-refractivity contribution in [3.05, 3.63) is 48.0 Å². The Morgan fingerprint density at radius 3 is 2.55 bits per heavy atom. The fourth-order valence-electron chi connectivity index (χ4n) is 2.41. The van der Waals surface area contributed by atoms with E-state index in [0.29, 0.717) is 12.2 Å². The van der Waals surface area contributed by atoms with E-state index in [1.54, 1.807) is 4.90 Å². The molecule has 5 nitrogen and oxygen atoms in total. The van der Waals surface area contributed by atoms with E-state index in [9.17, 15) is 15.0 Å². The molecule has 3 rings (SSSR count). The third-order valence-electron chi connectivity index (χ3n) is 3.29. The lowest BCUT2D eigenvalue weighted by Crippen LogP contribution is -2.33. The summed E-state index contributed by atoms with van der Waals surface area (Å²) in [5.74, 6) is -0.191. The molecule has 0 spiro atoms. The van der Waals surface area contributed by atoms with Crippen molar-refractivity contribution in [2.75, 3.05) is 16.8 Å². The summed E-state index contributed by atoms with van der Waals surface area (Å²) in [5.41, 5.74) is 2.40. The monoisotopic (exact) mass is 270 g/mol. The van der Waals surface area contributed by atoms with Crippen molar-refractivity contribution in [2.24, 2.45) is 0 Å². The van der Waals surface area contributed by atoms with Gasteiger partial charge >= 0.3 is 6.03 Å². The first-order valence-corrected chi connectivity index (χ1v) is 6.33. The van der Waals surface area contributed by atoms with E-state index in [1.807, 2.05) is 24.3 Å². The van der Waals surface area contributed by atoms with Gasteiger partial charge in [-0.2, -0.15) is 0 Å². The number of rotatable bonds is 1. The minimum absolute atomic E-state index is 0.0953. The molecule has 0 aromatic heterocycles. The maximum Gasteiger partial charge on any atom is 0.326 e. The minimum Gasteiger partial charge on any atom is -0.508 e. The molecule has 0 saturated carbocycles. The van der Waals surface area contributed by atoms with Gasteiger partial charge in [-0.15, -0.1) is 0 Å². The van der Waals surface area contributed by atoms with Crippen LogP contribution in [0.25, 0.3) is 0 Å². The van der Waals surface area contributed by atoms with Gasteiger partial charge in [0.25, 0.3) is 0 Å². The van der Waals surface area contributed by atoms with Crippen LogP contribution >= 0.6 is 0 Å². The first-order valence-electron chi connectivity index (χ1n) is 6.33. The molecular weight excluding hydrogens is 256 g/mol. The highest BCUT2D eigenvalue weighted by molar-refractivity contribution is 6.03. The maximum absolute atomic E-state index is 12.3. The zero-order chi connectivity index (χ0) is 14.1. The van der Waals surface area contributed by atoms with Crippen molar-refractivity contribution in [1.82, 2.24) is 0 Å². The van der Waals surface area contributed by atoms with Gasteiger partial charge in [-0.05, 0) is 18.1 Å². The highest BCUT2D eigenvalue weighted by atomic mass is 16.3. The Bertz CT molecular complexity index is 650. The second-order valence-corrected chi connectivity index (χ2v) is 4.70. The minimum atomic E-state index is -0.278. The number of carbonyl (C=O) groups is 1. The van der Waals surface area contributed by atoms with Crippen LogP contribution in [-0.2, 0) is 6.42 Å². The quantitative estimate of drug-likeness (QED) is 0.746. The maximum atomic E-state index is 12.3. The van der Waals surface area contributed by atoms with E-state index in [0.717, 1.165) is 17.7 Å². The average molecular weight is 270 g/mol. The number of amides is 2. The number of urea groups is 1. The second kappa shape index (κ2) is 4.77. The van der Waals surface area contributed by atoms with Crippen LogP contribution in [0.1, 0.15) is 5.56 Å². The molecule has 0 fully saturated rings. The summed E-state index contributed by atoms with van der Waals surface area (Å²) in [6.07, 6.45) is 0.828. The number of nitrogens with zero attached hydrogens (tertiary/aromatic N) is 1. The van der Waals surface area contributed by atoms with Gasteiger partial charge in [-0.1, -0.05) is 18.2 Å². The Balaban J connectivity index is 1.81. The summed E-state index contributed by atoms with van der Waals surface area (Å²) < 4.78 is 0. The number of hydrogen-bond donors (Lipinski definition) is 3. The van der Waals surface area contributed by atoms with Crippen LogP contribution in [0, 0.1) is 0 Å². The molecule has 102 valence electrons. The van der Waals surface area contributed by atoms with Crippen molar-refractivity contribution in [3.8, 4) is 11.5 Å². The molecule has 0 saturated heterocycles. The predicted octanol–water partition coefficient (Wildman–Crippen LogP) is 2.69. The molecule has 0 bridgehead atoms. The number of aromatic hydroxyl groups is 2. The standard InChI is InChI=1S/C15H14N2O3/c18-12-7-11(8-13(19)9-12)16-15(20)17-6-5-10-3-1-2-4-14(10)17/h1-4,7-9,18-19H,5-6H2,(H,16,20). The molecular formula is C15H14N2O3. The molecule has 0 radical (unpaired) electrons. The lowest BCUT2D eigenvalue weighted by molar-refractivity contribution is 0.257. The Kier molecular flexibility index (Phi) is 2.95. The van der Waals surface area contributed by atoms with Crippen molar-refractivity contribution in [1.29, 1.82) is 0 Å². The molecule has 2 aromatic carbocycles. The molecule has 0 unspecified atom stereocenters. The Labute approximate surface area is 116 Å². The lowest BCUT2D eigenvalue weighted by Gasteiger charge is -2.18. The van der Waals surface area contributed by atoms with Crippen LogP contribution in [0.4, 0.5) is 16.2 Å². The summed E-state index contributed by atoms with van der Waals surface area (Å²) >= 11 is 0. The molecule has 0 aliphatic carbocycles. The van der Waals surface area contributed by atoms with Crippen molar-refractivity contribution in [3.63, 3.8) is 0 Å². The SMILES string of the molecule is O=C(Nc1cc(O)cc(O)c1)N1CCc2ccccc21. The number of phenols is 2. The number of hydrogen-bond acceptors (Lipinski definition) is 3. The number of carbonyl (C=O) groups excluding carboxylic acids is 1. The number of anilines is 2. The summed E-state index contributed by atoms with van der Waals surface area (Å²) in [6, 6.07) is 11.5. The van der Waals surface area contributed by atoms with Gasteiger partial charge < -0.3 is 15.5 Å². The normalized spacial score (nSPS) is 13.1. The molecule has 1 aliphatic heterocycles. The van der Waals surface area contributed by atoms with E-state index in [4.69, 9.17) is 0 Å². The molecule has 20 heavy (non-hydrogen) atoms. The first kappa shape index (κ1) is 12.3. The molecule has 1 heterocycles. The van der Waals surface area contributed by atoms with Gasteiger partial charge in [-0.3, -0.25) is 4.90 Å². The van der Waals surface area contributed by atoms with E-state index in [2.05, 4.69) is 5.32 Å². The number of fused-ring (bicyclic) bond motifs is 1. The van der Waals surface area contributed by atoms with Gasteiger partial charge in [0.15, 0.2) is 0 Å². The Morgan fingerprint density at radius 1 is 1.10 bits per heavy atom. The van der Waals surface area contributed by atoms with Crippen molar-refractivity contribution in [2.45, 2.75) is 6.42 Å². The summed E-state index contributed by atoms with van der Waals surface area (Å²) in [6.45, 7) is 0.621. The largest absolute Gasteiger partial charge is 0.508 e. The Hall–Kier alpha value is -2.69. The Morgan fingerprint density at radius 2 is 1.80 bits per heavy atom. The third-order valence-corrected chi connectivity index (χ3v) is 3.29. The average Bonchev–Trinajstić information content (AvgIpc) is 2.81. The molecule has 1 aliphatic rings. The highest BCUT2D eigenvalue weighted by Crippen LogP contribution is 2.29. The second-order valence-electron chi connectivity index (χ2n) is 4.70. The summed E-state index contributed by atoms with van der Waals surface area (Å²) in [5, 5.41) is 21.5. The van der Waals surface area contributed by atoms with E-state index in [-0.39, 0.29) is 17.5 Å². The molecule has 0 atom stereocenters. The van der Waals surface area contributed by atoms with Crippen LogP contribution in [-0.4, -0.2) is 22.8 Å². The van der Waals surface area contributed by atoms with Crippen LogP contribution in [0.15, 0.2) is 42.5 Å². The lowest BCUT2D eigenvalue weighted by atomic mass is 10.2. The van der Waals surface area contributed by atoms with Gasteiger partial charge in [0.05, 0.1) is 0 Å². The molecule has 2 amide bonds. The highest BCUT2D eigenvalue weighted by Gasteiger charge is 2.24. The van der Waals surface area contributed by atoms with E-state index < -0.39 is 0 Å². The van der Waals surface area contributed by atoms with E-state index in [1.165, 1.54) is 18.2 Å². The first-order chi connectivity index (χ1) is 9.63. The van der Waals surface area contributed by atoms with Gasteiger partial charge in [0.1, 0.15) is 11.5 Å². The fraction of sp³-hybridized carbons (Fsp3) is 0.133. The predicted molar refractivity (Wildman–Crippen MR) is 76.3 cm³/mol. The zero-order valence-corrected chi connectivity index (χ0v) is 10.7. The van der Waals surface area contributed by atoms with Crippen molar-refractivity contribution >= 4 is 17.4 Å². The number of phenolic OH excluding ortho intramolecular Hbond substituents is 2. The van der Waals surface area contributed by atoms with E-state index >= 15 is 0 Å². The fourth-order valence-corrected chi connectivity index (χ4v) is 2.41. The molecule has 2 aromatic rings. The van der Waals surface area contributed by atoms with Gasteiger partial charge in [0, 0.05) is 36.1 Å². The number of benzene rings is 2. The van der Waals surface area contributed by atoms with Crippen LogP contribution in [0.3, 0.4) is 0 Å². The van der Waals surface area contributed by atoms with Crippen molar-refractivity contribution < 1.29 is 15.0 Å². The van der Waals surface area contributed by atoms with Crippen LogP contribution in [0.2, 0.25) is 0 Å². The van der Waals surface area contributed by atoms with Crippen LogP contribution < -0.4 is 10.2 Å².